The molecule has 1 saturated carbocycles. The SMILES string of the molecule is CCOc1ccc(-c2nnc(C3CC(NC(=O)c4cccc5ncc(C)nc45)C3)n2-c2ccccc2F)nc1. The second-order valence-electron chi connectivity index (χ2n) is 9.50. The third-order valence-electron chi connectivity index (χ3n) is 6.83. The first-order valence-corrected chi connectivity index (χ1v) is 12.8. The van der Waals surface area contributed by atoms with Crippen LogP contribution in [0.3, 0.4) is 0 Å². The number of amides is 1. The normalized spacial score (nSPS) is 16.6. The van der Waals surface area contributed by atoms with Crippen molar-refractivity contribution in [1.29, 1.82) is 0 Å². The van der Waals surface area contributed by atoms with Gasteiger partial charge in [0.05, 0.1) is 35.3 Å². The molecule has 3 heterocycles. The number of rotatable bonds is 7. The standard InChI is InChI=1S/C29H26FN7O2/c1-3-39-20-11-12-24(32-16-20)28-36-35-27(37(28)25-10-5-4-8-22(25)30)18-13-19(14-18)34-29(38)21-7-6-9-23-26(21)33-17(2)15-31-23/h4-12,15-16,18-19H,3,13-14H2,1-2H3,(H,34,38). The minimum atomic E-state index is -0.387. The van der Waals surface area contributed by atoms with E-state index in [1.54, 1.807) is 59.4 Å². The lowest BCUT2D eigenvalue weighted by Crippen LogP contribution is -2.44. The number of para-hydroxylation sites is 2. The smallest absolute Gasteiger partial charge is 0.253 e. The second kappa shape index (κ2) is 10.2. The number of carbonyl (C=O) groups is 1. The molecular weight excluding hydrogens is 497 g/mol. The number of carbonyl (C=O) groups excluding carboxylic acids is 1. The number of fused-ring (bicyclic) bond motifs is 1. The molecule has 39 heavy (non-hydrogen) atoms. The van der Waals surface area contributed by atoms with E-state index in [9.17, 15) is 9.18 Å². The van der Waals surface area contributed by atoms with E-state index in [1.165, 1.54) is 6.07 Å². The van der Waals surface area contributed by atoms with Crippen molar-refractivity contribution >= 4 is 16.9 Å². The Morgan fingerprint density at radius 1 is 1.05 bits per heavy atom. The third-order valence-corrected chi connectivity index (χ3v) is 6.83. The van der Waals surface area contributed by atoms with Crippen LogP contribution in [0.4, 0.5) is 4.39 Å². The van der Waals surface area contributed by atoms with E-state index in [0.717, 1.165) is 5.69 Å². The maximum Gasteiger partial charge on any atom is 0.253 e. The number of benzene rings is 2. The highest BCUT2D eigenvalue weighted by Gasteiger charge is 2.37. The lowest BCUT2D eigenvalue weighted by molar-refractivity contribution is 0.0908. The average molecular weight is 524 g/mol. The van der Waals surface area contributed by atoms with Crippen molar-refractivity contribution in [2.45, 2.75) is 38.6 Å². The maximum atomic E-state index is 15.0. The van der Waals surface area contributed by atoms with Crippen molar-refractivity contribution in [2.24, 2.45) is 0 Å². The summed E-state index contributed by atoms with van der Waals surface area (Å²) >= 11 is 0. The van der Waals surface area contributed by atoms with E-state index in [-0.39, 0.29) is 23.7 Å². The third kappa shape index (κ3) is 4.69. The van der Waals surface area contributed by atoms with Crippen LogP contribution in [0.15, 0.2) is 67.0 Å². The van der Waals surface area contributed by atoms with E-state index < -0.39 is 0 Å². The molecule has 5 aromatic rings. The zero-order chi connectivity index (χ0) is 26.9. The van der Waals surface area contributed by atoms with Gasteiger partial charge in [-0.15, -0.1) is 10.2 Å². The lowest BCUT2D eigenvalue weighted by atomic mass is 9.79. The fourth-order valence-electron chi connectivity index (χ4n) is 4.88. The molecule has 1 aliphatic carbocycles. The number of hydrogen-bond donors (Lipinski definition) is 1. The highest BCUT2D eigenvalue weighted by Crippen LogP contribution is 2.39. The molecule has 0 aliphatic heterocycles. The maximum absolute atomic E-state index is 15.0. The van der Waals surface area contributed by atoms with E-state index >= 15 is 0 Å². The number of nitrogens with one attached hydrogen (secondary N) is 1. The van der Waals surface area contributed by atoms with Crippen molar-refractivity contribution in [3.8, 4) is 23.0 Å². The quantitative estimate of drug-likeness (QED) is 0.327. The summed E-state index contributed by atoms with van der Waals surface area (Å²) in [5.74, 6) is 1.11. The largest absolute Gasteiger partial charge is 0.492 e. The number of ether oxygens (including phenoxy) is 1. The summed E-state index contributed by atoms with van der Waals surface area (Å²) in [7, 11) is 0. The van der Waals surface area contributed by atoms with Gasteiger partial charge in [0.2, 0.25) is 0 Å². The summed E-state index contributed by atoms with van der Waals surface area (Å²) in [5.41, 5.74) is 3.39. The van der Waals surface area contributed by atoms with Gasteiger partial charge in [-0.1, -0.05) is 18.2 Å². The zero-order valence-corrected chi connectivity index (χ0v) is 21.5. The van der Waals surface area contributed by atoms with Gasteiger partial charge < -0.3 is 10.1 Å². The molecule has 0 saturated heterocycles. The zero-order valence-electron chi connectivity index (χ0n) is 21.5. The Morgan fingerprint density at radius 2 is 1.90 bits per heavy atom. The second-order valence-corrected chi connectivity index (χ2v) is 9.50. The van der Waals surface area contributed by atoms with Crippen LogP contribution in [-0.4, -0.2) is 48.3 Å². The topological polar surface area (TPSA) is 108 Å². The first-order valence-electron chi connectivity index (χ1n) is 12.8. The Balaban J connectivity index is 1.25. The number of aryl methyl sites for hydroxylation is 1. The number of hydrogen-bond acceptors (Lipinski definition) is 7. The molecule has 1 aliphatic rings. The van der Waals surface area contributed by atoms with Crippen molar-refractivity contribution in [1.82, 2.24) is 35.0 Å². The van der Waals surface area contributed by atoms with Gasteiger partial charge in [-0.3, -0.25) is 14.3 Å². The Bertz CT molecular complexity index is 1660. The average Bonchev–Trinajstić information content (AvgIpc) is 3.35. The number of halogens is 1. The predicted molar refractivity (Wildman–Crippen MR) is 143 cm³/mol. The number of aromatic nitrogens is 6. The first kappa shape index (κ1) is 24.6. The number of nitrogens with zero attached hydrogens (tertiary/aromatic N) is 6. The Labute approximate surface area is 224 Å². The molecule has 3 aromatic heterocycles. The van der Waals surface area contributed by atoms with Gasteiger partial charge in [-0.25, -0.2) is 14.4 Å². The van der Waals surface area contributed by atoms with Crippen molar-refractivity contribution in [3.05, 3.63) is 89.9 Å². The van der Waals surface area contributed by atoms with E-state index in [1.807, 2.05) is 19.9 Å². The highest BCUT2D eigenvalue weighted by atomic mass is 19.1. The van der Waals surface area contributed by atoms with Crippen LogP contribution in [0.2, 0.25) is 0 Å². The van der Waals surface area contributed by atoms with Crippen LogP contribution in [0.25, 0.3) is 28.2 Å². The van der Waals surface area contributed by atoms with Crippen LogP contribution in [0.5, 0.6) is 5.75 Å². The molecule has 196 valence electrons. The van der Waals surface area contributed by atoms with Gasteiger partial charge in [0, 0.05) is 18.2 Å². The molecule has 0 bridgehead atoms. The van der Waals surface area contributed by atoms with E-state index in [2.05, 4.69) is 30.5 Å². The highest BCUT2D eigenvalue weighted by molar-refractivity contribution is 6.04. The molecule has 10 heteroatoms. The molecular formula is C29H26FN7O2. The summed E-state index contributed by atoms with van der Waals surface area (Å²) < 4.78 is 22.2. The minimum absolute atomic E-state index is 0.0200. The Morgan fingerprint density at radius 3 is 2.67 bits per heavy atom. The summed E-state index contributed by atoms with van der Waals surface area (Å²) in [4.78, 5) is 26.5. The first-order chi connectivity index (χ1) is 19.0. The summed E-state index contributed by atoms with van der Waals surface area (Å²) in [6.07, 6.45) is 4.59. The Kier molecular flexibility index (Phi) is 6.44. The molecule has 1 N–H and O–H groups in total. The monoisotopic (exact) mass is 523 g/mol. The summed E-state index contributed by atoms with van der Waals surface area (Å²) in [6, 6.07) is 15.5. The van der Waals surface area contributed by atoms with Gasteiger partial charge in [0.25, 0.3) is 5.91 Å². The van der Waals surface area contributed by atoms with E-state index in [0.29, 0.717) is 64.8 Å². The Hall–Kier alpha value is -4.73. The van der Waals surface area contributed by atoms with E-state index in [4.69, 9.17) is 4.74 Å². The summed E-state index contributed by atoms with van der Waals surface area (Å²) in [6.45, 7) is 4.28. The van der Waals surface area contributed by atoms with Crippen LogP contribution < -0.4 is 10.1 Å². The molecule has 9 nitrogen and oxygen atoms in total. The van der Waals surface area contributed by atoms with Gasteiger partial charge in [0.1, 0.15) is 28.6 Å². The molecule has 2 aromatic carbocycles. The van der Waals surface area contributed by atoms with Gasteiger partial charge >= 0.3 is 0 Å². The van der Waals surface area contributed by atoms with Gasteiger partial charge in [-0.2, -0.15) is 0 Å². The molecule has 0 radical (unpaired) electrons. The molecule has 6 rings (SSSR count). The summed E-state index contributed by atoms with van der Waals surface area (Å²) in [5, 5.41) is 12.0. The van der Waals surface area contributed by atoms with Gasteiger partial charge in [0.15, 0.2) is 5.82 Å². The molecule has 1 fully saturated rings. The number of pyridine rings is 1. The van der Waals surface area contributed by atoms with Crippen molar-refractivity contribution < 1.29 is 13.9 Å². The fourth-order valence-corrected chi connectivity index (χ4v) is 4.88. The van der Waals surface area contributed by atoms with Crippen molar-refractivity contribution in [2.75, 3.05) is 6.61 Å². The lowest BCUT2D eigenvalue weighted by Gasteiger charge is -2.35. The van der Waals surface area contributed by atoms with Crippen LogP contribution >= 0.6 is 0 Å². The van der Waals surface area contributed by atoms with Crippen LogP contribution in [0.1, 0.15) is 47.6 Å². The fraction of sp³-hybridized carbons (Fsp3) is 0.241. The van der Waals surface area contributed by atoms with Crippen LogP contribution in [0, 0.1) is 12.7 Å². The predicted octanol–water partition coefficient (Wildman–Crippen LogP) is 4.79. The van der Waals surface area contributed by atoms with Crippen LogP contribution in [-0.2, 0) is 0 Å². The molecule has 0 atom stereocenters. The minimum Gasteiger partial charge on any atom is -0.492 e. The molecule has 0 unspecified atom stereocenters. The molecule has 0 spiro atoms. The van der Waals surface area contributed by atoms with Gasteiger partial charge in [-0.05, 0) is 63.1 Å². The molecule has 1 amide bonds. The van der Waals surface area contributed by atoms with Crippen molar-refractivity contribution in [3.63, 3.8) is 0 Å².